The molecule has 2 heterocycles. The third kappa shape index (κ3) is 1.63. The lowest BCUT2D eigenvalue weighted by Crippen LogP contribution is -2.31. The normalized spacial score (nSPS) is 45.8. The Labute approximate surface area is 94.2 Å². The number of nitrogens with zero attached hydrogens (tertiary/aromatic N) is 1. The van der Waals surface area contributed by atoms with Gasteiger partial charge in [-0.15, -0.1) is 0 Å². The molecule has 4 unspecified atom stereocenters. The van der Waals surface area contributed by atoms with Crippen LogP contribution in [0.1, 0.15) is 46.0 Å². The molecule has 0 radical (unpaired) electrons. The first-order chi connectivity index (χ1) is 7.25. The predicted octanol–water partition coefficient (Wildman–Crippen LogP) is 3.15. The first-order valence-electron chi connectivity index (χ1n) is 6.99. The van der Waals surface area contributed by atoms with Gasteiger partial charge in [-0.2, -0.15) is 0 Å². The van der Waals surface area contributed by atoms with Crippen LogP contribution in [0.2, 0.25) is 0 Å². The van der Waals surface area contributed by atoms with Gasteiger partial charge in [-0.3, -0.25) is 4.90 Å². The van der Waals surface area contributed by atoms with E-state index in [1.165, 1.54) is 38.8 Å². The SMILES string of the molecule is CC(C)C1CCC2CN3CCCC3C2C1. The summed E-state index contributed by atoms with van der Waals surface area (Å²) in [6.45, 7) is 7.70. The van der Waals surface area contributed by atoms with Crippen molar-refractivity contribution in [3.05, 3.63) is 0 Å². The van der Waals surface area contributed by atoms with Crippen molar-refractivity contribution in [2.24, 2.45) is 23.7 Å². The van der Waals surface area contributed by atoms with Crippen LogP contribution >= 0.6 is 0 Å². The molecule has 4 atom stereocenters. The number of hydrogen-bond acceptors (Lipinski definition) is 1. The summed E-state index contributed by atoms with van der Waals surface area (Å²) in [6.07, 6.45) is 7.57. The maximum absolute atomic E-state index is 2.80. The Balaban J connectivity index is 1.71. The fraction of sp³-hybridized carbons (Fsp3) is 1.00. The summed E-state index contributed by atoms with van der Waals surface area (Å²) in [7, 11) is 0. The van der Waals surface area contributed by atoms with Gasteiger partial charge in [0.15, 0.2) is 0 Å². The number of fused-ring (bicyclic) bond motifs is 3. The van der Waals surface area contributed by atoms with E-state index in [0.717, 1.165) is 29.7 Å². The minimum atomic E-state index is 0.918. The second-order valence-electron chi connectivity index (χ2n) is 6.45. The number of hydrogen-bond donors (Lipinski definition) is 0. The molecular formula is C14H25N. The van der Waals surface area contributed by atoms with Gasteiger partial charge in [0.1, 0.15) is 0 Å². The van der Waals surface area contributed by atoms with Crippen LogP contribution in [0, 0.1) is 23.7 Å². The van der Waals surface area contributed by atoms with Gasteiger partial charge in [0.2, 0.25) is 0 Å². The van der Waals surface area contributed by atoms with E-state index in [-0.39, 0.29) is 0 Å². The first-order valence-corrected chi connectivity index (χ1v) is 6.99. The molecular weight excluding hydrogens is 182 g/mol. The molecule has 2 saturated heterocycles. The standard InChI is InChI=1S/C14H25N/c1-10(2)11-5-6-12-9-15-7-3-4-14(15)13(12)8-11/h10-14H,3-9H2,1-2H3. The quantitative estimate of drug-likeness (QED) is 0.638. The van der Waals surface area contributed by atoms with Crippen LogP contribution in [-0.2, 0) is 0 Å². The lowest BCUT2D eigenvalue weighted by molar-refractivity contribution is 0.160. The zero-order valence-corrected chi connectivity index (χ0v) is 10.3. The predicted molar refractivity (Wildman–Crippen MR) is 63.8 cm³/mol. The Morgan fingerprint density at radius 3 is 2.80 bits per heavy atom. The van der Waals surface area contributed by atoms with Crippen molar-refractivity contribution in [3.63, 3.8) is 0 Å². The van der Waals surface area contributed by atoms with Crippen LogP contribution in [0.4, 0.5) is 0 Å². The molecule has 3 fully saturated rings. The van der Waals surface area contributed by atoms with Crippen molar-refractivity contribution < 1.29 is 0 Å². The molecule has 15 heavy (non-hydrogen) atoms. The molecule has 2 aliphatic heterocycles. The largest absolute Gasteiger partial charge is 0.300 e. The molecule has 0 amide bonds. The van der Waals surface area contributed by atoms with E-state index >= 15 is 0 Å². The Bertz CT molecular complexity index is 235. The van der Waals surface area contributed by atoms with Gasteiger partial charge in [0.25, 0.3) is 0 Å². The smallest absolute Gasteiger partial charge is 0.0127 e. The molecule has 3 aliphatic rings. The van der Waals surface area contributed by atoms with Crippen molar-refractivity contribution in [2.45, 2.75) is 52.0 Å². The summed E-state index contributed by atoms with van der Waals surface area (Å²) in [5.74, 6) is 4.10. The Kier molecular flexibility index (Phi) is 2.54. The van der Waals surface area contributed by atoms with E-state index in [4.69, 9.17) is 0 Å². The molecule has 0 aromatic rings. The van der Waals surface area contributed by atoms with E-state index in [0.29, 0.717) is 0 Å². The van der Waals surface area contributed by atoms with Crippen LogP contribution in [0.3, 0.4) is 0 Å². The molecule has 86 valence electrons. The maximum atomic E-state index is 2.80. The molecule has 1 aliphatic carbocycles. The highest BCUT2D eigenvalue weighted by Gasteiger charge is 2.46. The molecule has 0 N–H and O–H groups in total. The molecule has 0 aromatic carbocycles. The zero-order chi connectivity index (χ0) is 10.4. The second-order valence-corrected chi connectivity index (χ2v) is 6.45. The van der Waals surface area contributed by atoms with Gasteiger partial charge >= 0.3 is 0 Å². The summed E-state index contributed by atoms with van der Waals surface area (Å²) in [5.41, 5.74) is 0. The second kappa shape index (κ2) is 3.76. The summed E-state index contributed by atoms with van der Waals surface area (Å²) in [6, 6.07) is 0.997. The zero-order valence-electron chi connectivity index (χ0n) is 10.3. The fourth-order valence-electron chi connectivity index (χ4n) is 4.47. The Morgan fingerprint density at radius 1 is 1.13 bits per heavy atom. The van der Waals surface area contributed by atoms with Gasteiger partial charge in [0, 0.05) is 12.6 Å². The highest BCUT2D eigenvalue weighted by Crippen LogP contribution is 2.47. The average Bonchev–Trinajstić information content (AvgIpc) is 2.75. The van der Waals surface area contributed by atoms with E-state index in [9.17, 15) is 0 Å². The van der Waals surface area contributed by atoms with Crippen LogP contribution in [-0.4, -0.2) is 24.0 Å². The monoisotopic (exact) mass is 207 g/mol. The lowest BCUT2D eigenvalue weighted by Gasteiger charge is -2.35. The van der Waals surface area contributed by atoms with Crippen LogP contribution in [0.5, 0.6) is 0 Å². The molecule has 1 nitrogen and oxygen atoms in total. The van der Waals surface area contributed by atoms with Crippen molar-refractivity contribution in [1.29, 1.82) is 0 Å². The van der Waals surface area contributed by atoms with Gasteiger partial charge in [0.05, 0.1) is 0 Å². The summed E-state index contributed by atoms with van der Waals surface area (Å²) in [4.78, 5) is 2.80. The minimum Gasteiger partial charge on any atom is -0.300 e. The van der Waals surface area contributed by atoms with Crippen LogP contribution in [0.25, 0.3) is 0 Å². The molecule has 0 spiro atoms. The average molecular weight is 207 g/mol. The summed E-state index contributed by atoms with van der Waals surface area (Å²) >= 11 is 0. The van der Waals surface area contributed by atoms with Gasteiger partial charge in [-0.1, -0.05) is 13.8 Å². The summed E-state index contributed by atoms with van der Waals surface area (Å²) < 4.78 is 0. The highest BCUT2D eigenvalue weighted by atomic mass is 15.2. The summed E-state index contributed by atoms with van der Waals surface area (Å²) in [5, 5.41) is 0. The van der Waals surface area contributed by atoms with Crippen molar-refractivity contribution in [1.82, 2.24) is 4.90 Å². The maximum Gasteiger partial charge on any atom is 0.0127 e. The molecule has 0 aromatic heterocycles. The van der Waals surface area contributed by atoms with Crippen molar-refractivity contribution in [2.75, 3.05) is 13.1 Å². The van der Waals surface area contributed by atoms with E-state index in [1.807, 2.05) is 0 Å². The van der Waals surface area contributed by atoms with Crippen LogP contribution in [0.15, 0.2) is 0 Å². The molecule has 1 heteroatoms. The lowest BCUT2D eigenvalue weighted by atomic mass is 9.70. The van der Waals surface area contributed by atoms with Crippen molar-refractivity contribution >= 4 is 0 Å². The van der Waals surface area contributed by atoms with Gasteiger partial charge in [-0.05, 0) is 62.3 Å². The first kappa shape index (κ1) is 10.1. The molecule has 1 saturated carbocycles. The third-order valence-corrected chi connectivity index (χ3v) is 5.41. The van der Waals surface area contributed by atoms with E-state index in [1.54, 1.807) is 6.42 Å². The molecule has 0 bridgehead atoms. The highest BCUT2D eigenvalue weighted by molar-refractivity contribution is 4.99. The van der Waals surface area contributed by atoms with Crippen LogP contribution < -0.4 is 0 Å². The minimum absolute atomic E-state index is 0.918. The van der Waals surface area contributed by atoms with Crippen molar-refractivity contribution in [3.8, 4) is 0 Å². The Hall–Kier alpha value is -0.0400. The van der Waals surface area contributed by atoms with Gasteiger partial charge in [-0.25, -0.2) is 0 Å². The third-order valence-electron chi connectivity index (χ3n) is 5.41. The number of rotatable bonds is 1. The Morgan fingerprint density at radius 2 is 2.00 bits per heavy atom. The van der Waals surface area contributed by atoms with Gasteiger partial charge < -0.3 is 0 Å². The van der Waals surface area contributed by atoms with E-state index in [2.05, 4.69) is 18.7 Å². The molecule has 3 rings (SSSR count). The fourth-order valence-corrected chi connectivity index (χ4v) is 4.47. The topological polar surface area (TPSA) is 3.24 Å². The van der Waals surface area contributed by atoms with E-state index < -0.39 is 0 Å².